The second kappa shape index (κ2) is 7.74. The predicted molar refractivity (Wildman–Crippen MR) is 105 cm³/mol. The van der Waals surface area contributed by atoms with Gasteiger partial charge in [-0.3, -0.25) is 9.59 Å². The van der Waals surface area contributed by atoms with Crippen molar-refractivity contribution in [3.05, 3.63) is 57.1 Å². The third kappa shape index (κ3) is 3.99. The molecule has 152 valence electrons. The Morgan fingerprint density at radius 3 is 2.72 bits per heavy atom. The summed E-state index contributed by atoms with van der Waals surface area (Å²) in [5, 5.41) is 0. The van der Waals surface area contributed by atoms with Crippen LogP contribution >= 0.6 is 15.9 Å². The average Bonchev–Trinajstić information content (AvgIpc) is 3.48. The van der Waals surface area contributed by atoms with E-state index < -0.39 is 23.5 Å². The van der Waals surface area contributed by atoms with Gasteiger partial charge >= 0.3 is 5.97 Å². The summed E-state index contributed by atoms with van der Waals surface area (Å²) in [5.41, 5.74) is 1.26. The number of ether oxygens (including phenoxy) is 2. The third-order valence-electron chi connectivity index (χ3n) is 5.00. The molecular weight excluding hydrogens is 448 g/mol. The molecule has 1 amide bonds. The minimum absolute atomic E-state index is 0.0919. The van der Waals surface area contributed by atoms with Gasteiger partial charge in [0.2, 0.25) is 0 Å². The monoisotopic (exact) mass is 465 g/mol. The summed E-state index contributed by atoms with van der Waals surface area (Å²) in [6, 6.07) is 5.49. The first-order valence-corrected chi connectivity index (χ1v) is 10.0. The van der Waals surface area contributed by atoms with Crippen LogP contribution in [0.3, 0.4) is 0 Å². The number of anilines is 1. The molecule has 4 rings (SSSR count). The highest BCUT2D eigenvalue weighted by atomic mass is 79.9. The van der Waals surface area contributed by atoms with Crippen LogP contribution in [0.2, 0.25) is 0 Å². The van der Waals surface area contributed by atoms with Crippen LogP contribution < -0.4 is 9.64 Å². The van der Waals surface area contributed by atoms with Crippen molar-refractivity contribution in [2.75, 3.05) is 18.1 Å². The summed E-state index contributed by atoms with van der Waals surface area (Å²) < 4.78 is 40.1. The molecule has 0 bridgehead atoms. The van der Waals surface area contributed by atoms with E-state index >= 15 is 0 Å². The summed E-state index contributed by atoms with van der Waals surface area (Å²) in [4.78, 5) is 25.7. The highest BCUT2D eigenvalue weighted by Gasteiger charge is 2.33. The van der Waals surface area contributed by atoms with Gasteiger partial charge in [0.25, 0.3) is 5.91 Å². The highest BCUT2D eigenvalue weighted by Crippen LogP contribution is 2.43. The Balaban J connectivity index is 1.76. The maximum absolute atomic E-state index is 14.9. The molecule has 5 nitrogen and oxygen atoms in total. The number of esters is 1. The van der Waals surface area contributed by atoms with Crippen molar-refractivity contribution in [2.45, 2.75) is 32.3 Å². The van der Waals surface area contributed by atoms with Crippen LogP contribution in [0, 0.1) is 11.6 Å². The first kappa shape index (κ1) is 19.8. The smallest absolute Gasteiger partial charge is 0.302 e. The number of benzene rings is 2. The van der Waals surface area contributed by atoms with Gasteiger partial charge in [-0.05, 0) is 48.6 Å². The molecule has 0 spiro atoms. The molecule has 1 fully saturated rings. The molecule has 0 atom stereocenters. The summed E-state index contributed by atoms with van der Waals surface area (Å²) in [6.45, 7) is 1.30. The van der Waals surface area contributed by atoms with Crippen LogP contribution in [-0.2, 0) is 16.1 Å². The van der Waals surface area contributed by atoms with Gasteiger partial charge in [-0.2, -0.15) is 0 Å². The maximum atomic E-state index is 14.9. The molecule has 8 heteroatoms. The van der Waals surface area contributed by atoms with Gasteiger partial charge in [-0.25, -0.2) is 8.78 Å². The second-order valence-electron chi connectivity index (χ2n) is 7.12. The molecule has 2 aromatic rings. The van der Waals surface area contributed by atoms with E-state index in [-0.39, 0.29) is 36.8 Å². The zero-order valence-electron chi connectivity index (χ0n) is 15.6. The molecule has 0 unspecified atom stereocenters. The molecule has 2 aliphatic rings. The molecule has 1 heterocycles. The Hall–Kier alpha value is -2.48. The fourth-order valence-corrected chi connectivity index (χ4v) is 3.97. The molecule has 0 radical (unpaired) electrons. The van der Waals surface area contributed by atoms with Crippen LogP contribution in [0.25, 0.3) is 0 Å². The number of carbonyl (C=O) groups is 2. The third-order valence-corrected chi connectivity index (χ3v) is 5.71. The second-order valence-corrected chi connectivity index (χ2v) is 7.98. The topological polar surface area (TPSA) is 55.8 Å². The lowest BCUT2D eigenvalue weighted by atomic mass is 10.0. The normalized spacial score (nSPS) is 16.1. The van der Waals surface area contributed by atoms with Crippen molar-refractivity contribution in [1.29, 1.82) is 0 Å². The fourth-order valence-electron chi connectivity index (χ4n) is 3.44. The number of amides is 1. The molecule has 1 aliphatic carbocycles. The Morgan fingerprint density at radius 2 is 2.03 bits per heavy atom. The molecule has 1 aliphatic heterocycles. The minimum atomic E-state index is -0.654. The summed E-state index contributed by atoms with van der Waals surface area (Å²) in [6.07, 6.45) is 1.99. The molecule has 0 aromatic heterocycles. The van der Waals surface area contributed by atoms with Gasteiger partial charge in [0.05, 0.1) is 12.2 Å². The maximum Gasteiger partial charge on any atom is 0.302 e. The van der Waals surface area contributed by atoms with E-state index in [4.69, 9.17) is 9.47 Å². The van der Waals surface area contributed by atoms with Crippen molar-refractivity contribution >= 4 is 33.5 Å². The van der Waals surface area contributed by atoms with E-state index in [2.05, 4.69) is 15.9 Å². The summed E-state index contributed by atoms with van der Waals surface area (Å²) in [5.74, 6) is -1.86. The van der Waals surface area contributed by atoms with Crippen molar-refractivity contribution in [2.24, 2.45) is 0 Å². The zero-order valence-corrected chi connectivity index (χ0v) is 17.2. The Labute approximate surface area is 174 Å². The van der Waals surface area contributed by atoms with E-state index in [1.165, 1.54) is 30.0 Å². The zero-order chi connectivity index (χ0) is 20.7. The van der Waals surface area contributed by atoms with Gasteiger partial charge in [0.15, 0.2) is 0 Å². The Morgan fingerprint density at radius 1 is 1.28 bits per heavy atom. The van der Waals surface area contributed by atoms with Crippen LogP contribution in [-0.4, -0.2) is 25.0 Å². The van der Waals surface area contributed by atoms with Crippen molar-refractivity contribution in [3.8, 4) is 5.75 Å². The largest absolute Gasteiger partial charge is 0.491 e. The Bertz CT molecular complexity index is 1010. The first-order valence-electron chi connectivity index (χ1n) is 9.24. The van der Waals surface area contributed by atoms with Gasteiger partial charge in [0.1, 0.15) is 36.2 Å². The summed E-state index contributed by atoms with van der Waals surface area (Å²) >= 11 is 3.26. The number of rotatable bonds is 4. The van der Waals surface area contributed by atoms with E-state index in [0.29, 0.717) is 16.0 Å². The lowest BCUT2D eigenvalue weighted by molar-refractivity contribution is -0.142. The lowest BCUT2D eigenvalue weighted by Crippen LogP contribution is -2.34. The van der Waals surface area contributed by atoms with Crippen LogP contribution in [0.1, 0.15) is 47.2 Å². The Kier molecular flexibility index (Phi) is 5.29. The number of hydrogen-bond donors (Lipinski definition) is 0. The molecule has 0 N–H and O–H groups in total. The molecule has 1 saturated carbocycles. The van der Waals surface area contributed by atoms with Gasteiger partial charge in [-0.15, -0.1) is 0 Å². The minimum Gasteiger partial charge on any atom is -0.491 e. The van der Waals surface area contributed by atoms with Crippen molar-refractivity contribution in [1.82, 2.24) is 0 Å². The number of nitrogens with zero attached hydrogens (tertiary/aromatic N) is 1. The quantitative estimate of drug-likeness (QED) is 0.613. The van der Waals surface area contributed by atoms with Crippen LogP contribution in [0.4, 0.5) is 14.5 Å². The van der Waals surface area contributed by atoms with Gasteiger partial charge in [0, 0.05) is 17.0 Å². The number of hydrogen-bond acceptors (Lipinski definition) is 4. The average molecular weight is 466 g/mol. The first-order chi connectivity index (χ1) is 13.8. The van der Waals surface area contributed by atoms with Crippen LogP contribution in [0.15, 0.2) is 28.7 Å². The number of fused-ring (bicyclic) bond motifs is 1. The fraction of sp³-hybridized carbons (Fsp3) is 0.333. The highest BCUT2D eigenvalue weighted by molar-refractivity contribution is 9.10. The lowest BCUT2D eigenvalue weighted by Gasteiger charge is -2.24. The molecule has 0 saturated heterocycles. The van der Waals surface area contributed by atoms with Crippen LogP contribution in [0.5, 0.6) is 5.75 Å². The molecule has 29 heavy (non-hydrogen) atoms. The van der Waals surface area contributed by atoms with Crippen molar-refractivity contribution < 1.29 is 27.8 Å². The van der Waals surface area contributed by atoms with E-state index in [1.807, 2.05) is 0 Å². The van der Waals surface area contributed by atoms with E-state index in [1.54, 1.807) is 6.07 Å². The predicted octanol–water partition coefficient (Wildman–Crippen LogP) is 4.71. The van der Waals surface area contributed by atoms with Gasteiger partial charge in [-0.1, -0.05) is 15.9 Å². The van der Waals surface area contributed by atoms with E-state index in [9.17, 15) is 18.4 Å². The van der Waals surface area contributed by atoms with Crippen molar-refractivity contribution in [3.63, 3.8) is 0 Å². The molecule has 2 aromatic carbocycles. The standard InChI is InChI=1S/C21H18BrF2NO4/c1-11(26)29-10-15-16(22)8-14(23)9-18(15)25-4-5-28-19-7-13(12-2-3-12)6-17(24)20(19)21(25)27/h6-9,12H,2-5,10H2,1H3. The van der Waals surface area contributed by atoms with E-state index in [0.717, 1.165) is 18.4 Å². The SMILES string of the molecule is CC(=O)OCc1c(Br)cc(F)cc1N1CCOc2cc(C3CC3)cc(F)c2C1=O. The number of carbonyl (C=O) groups excluding carboxylic acids is 2. The molecular formula is C21H18BrF2NO4. The number of halogens is 3. The summed E-state index contributed by atoms with van der Waals surface area (Å²) in [7, 11) is 0. The van der Waals surface area contributed by atoms with Gasteiger partial charge < -0.3 is 14.4 Å².